The third-order valence-electron chi connectivity index (χ3n) is 4.49. The molecule has 7 nitrogen and oxygen atoms in total. The van der Waals surface area contributed by atoms with Crippen LogP contribution in [-0.4, -0.2) is 39.3 Å². The molecule has 1 saturated heterocycles. The van der Waals surface area contributed by atoms with Gasteiger partial charge in [0.25, 0.3) is 5.56 Å². The molecule has 10 heteroatoms. The molecule has 0 unspecified atom stereocenters. The van der Waals surface area contributed by atoms with Crippen LogP contribution in [0.15, 0.2) is 35.5 Å². The molecule has 0 aliphatic carbocycles. The van der Waals surface area contributed by atoms with E-state index in [1.807, 2.05) is 0 Å². The van der Waals surface area contributed by atoms with Crippen molar-refractivity contribution in [3.05, 3.63) is 56.7 Å². The van der Waals surface area contributed by atoms with E-state index in [2.05, 4.69) is 10.1 Å². The number of sulfone groups is 1. The normalized spacial score (nSPS) is 19.2. The number of nitrogens with zero attached hydrogens (tertiary/aromatic N) is 4. The first-order valence-electron chi connectivity index (χ1n) is 7.91. The second kappa shape index (κ2) is 6.37. The largest absolute Gasteiger partial charge is 0.294 e. The molecule has 1 fully saturated rings. The lowest BCUT2D eigenvalue weighted by Gasteiger charge is -2.10. The Bertz CT molecular complexity index is 1170. The zero-order valence-electron chi connectivity index (χ0n) is 13.5. The molecule has 1 aliphatic rings. The van der Waals surface area contributed by atoms with Gasteiger partial charge in [0.2, 0.25) is 0 Å². The van der Waals surface area contributed by atoms with Crippen molar-refractivity contribution in [1.82, 2.24) is 19.3 Å². The van der Waals surface area contributed by atoms with Gasteiger partial charge >= 0.3 is 0 Å². The second-order valence-electron chi connectivity index (χ2n) is 6.30. The van der Waals surface area contributed by atoms with Crippen molar-refractivity contribution in [3.8, 4) is 0 Å². The highest BCUT2D eigenvalue weighted by atomic mass is 35.5. The molecule has 0 radical (unpaired) electrons. The van der Waals surface area contributed by atoms with Gasteiger partial charge in [0.15, 0.2) is 15.5 Å². The van der Waals surface area contributed by atoms with Gasteiger partial charge in [-0.3, -0.25) is 9.36 Å². The standard InChI is InChI=1S/C16H14Cl2N4O3S/c17-11-2-1-10(14(18)5-11)7-21-9-19-15-13(16(21)23)6-20-22(15)12-3-4-26(24,25)8-12/h1-2,5-6,9,12H,3-4,7-8H2/t12-/m0/s1. The molecule has 1 atom stereocenters. The molecule has 3 aromatic rings. The summed E-state index contributed by atoms with van der Waals surface area (Å²) >= 11 is 12.1. The average molecular weight is 413 g/mol. The summed E-state index contributed by atoms with van der Waals surface area (Å²) in [5.74, 6) is 0.153. The zero-order valence-corrected chi connectivity index (χ0v) is 15.8. The first-order chi connectivity index (χ1) is 12.3. The number of hydrogen-bond acceptors (Lipinski definition) is 5. The Morgan fingerprint density at radius 3 is 2.77 bits per heavy atom. The summed E-state index contributed by atoms with van der Waals surface area (Å²) in [7, 11) is -3.05. The molecule has 0 saturated carbocycles. The van der Waals surface area contributed by atoms with E-state index in [4.69, 9.17) is 23.2 Å². The summed E-state index contributed by atoms with van der Waals surface area (Å²) in [4.78, 5) is 17.1. The molecule has 0 bridgehead atoms. The van der Waals surface area contributed by atoms with Crippen molar-refractivity contribution in [2.45, 2.75) is 19.0 Å². The third kappa shape index (κ3) is 3.13. The lowest BCUT2D eigenvalue weighted by atomic mass is 10.2. The molecule has 1 aliphatic heterocycles. The number of benzene rings is 1. The van der Waals surface area contributed by atoms with Gasteiger partial charge in [0, 0.05) is 10.0 Å². The van der Waals surface area contributed by atoms with E-state index in [1.54, 1.807) is 22.9 Å². The van der Waals surface area contributed by atoms with Crippen molar-refractivity contribution < 1.29 is 8.42 Å². The van der Waals surface area contributed by atoms with E-state index in [9.17, 15) is 13.2 Å². The number of hydrogen-bond donors (Lipinski definition) is 0. The van der Waals surface area contributed by atoms with Crippen LogP contribution in [0.2, 0.25) is 10.0 Å². The Kier molecular flexibility index (Phi) is 4.29. The Balaban J connectivity index is 1.71. The maximum Gasteiger partial charge on any atom is 0.264 e. The number of rotatable bonds is 3. The van der Waals surface area contributed by atoms with Gasteiger partial charge < -0.3 is 0 Å². The summed E-state index contributed by atoms with van der Waals surface area (Å²) in [5, 5.41) is 5.55. The maximum absolute atomic E-state index is 12.7. The molecule has 2 aromatic heterocycles. The second-order valence-corrected chi connectivity index (χ2v) is 9.37. The van der Waals surface area contributed by atoms with E-state index < -0.39 is 9.84 Å². The van der Waals surface area contributed by atoms with Crippen LogP contribution in [0.5, 0.6) is 0 Å². The summed E-state index contributed by atoms with van der Waals surface area (Å²) in [5.41, 5.74) is 0.886. The van der Waals surface area contributed by atoms with Crippen LogP contribution < -0.4 is 5.56 Å². The first kappa shape index (κ1) is 17.5. The zero-order chi connectivity index (χ0) is 18.5. The SMILES string of the molecule is O=c1c2cnn([C@H]3CCS(=O)(=O)C3)c2ncn1Cc1ccc(Cl)cc1Cl. The van der Waals surface area contributed by atoms with Gasteiger partial charge in [-0.1, -0.05) is 29.3 Å². The van der Waals surface area contributed by atoms with E-state index in [0.717, 1.165) is 5.56 Å². The highest BCUT2D eigenvalue weighted by molar-refractivity contribution is 7.91. The number of aromatic nitrogens is 4. The fraction of sp³-hybridized carbons (Fsp3) is 0.312. The highest BCUT2D eigenvalue weighted by Crippen LogP contribution is 2.25. The average Bonchev–Trinajstić information content (AvgIpc) is 3.15. The fourth-order valence-electron chi connectivity index (χ4n) is 3.15. The van der Waals surface area contributed by atoms with Crippen molar-refractivity contribution in [2.75, 3.05) is 11.5 Å². The van der Waals surface area contributed by atoms with Crippen molar-refractivity contribution in [1.29, 1.82) is 0 Å². The van der Waals surface area contributed by atoms with E-state index in [-0.39, 0.29) is 29.7 Å². The number of fused-ring (bicyclic) bond motifs is 1. The molecule has 1 aromatic carbocycles. The van der Waals surface area contributed by atoms with Gasteiger partial charge in [0.05, 0.1) is 30.3 Å². The molecule has 0 amide bonds. The monoisotopic (exact) mass is 412 g/mol. The summed E-state index contributed by atoms with van der Waals surface area (Å²) in [6, 6.07) is 4.80. The van der Waals surface area contributed by atoms with Crippen molar-refractivity contribution in [3.63, 3.8) is 0 Å². The maximum atomic E-state index is 12.7. The van der Waals surface area contributed by atoms with Crippen LogP contribution >= 0.6 is 23.2 Å². The Morgan fingerprint density at radius 1 is 1.27 bits per heavy atom. The van der Waals surface area contributed by atoms with Gasteiger partial charge in [-0.2, -0.15) is 5.10 Å². The van der Waals surface area contributed by atoms with Gasteiger partial charge in [0.1, 0.15) is 11.7 Å². The topological polar surface area (TPSA) is 86.8 Å². The molecule has 26 heavy (non-hydrogen) atoms. The van der Waals surface area contributed by atoms with Crippen LogP contribution in [0.4, 0.5) is 0 Å². The summed E-state index contributed by atoms with van der Waals surface area (Å²) < 4.78 is 26.4. The smallest absolute Gasteiger partial charge is 0.264 e. The van der Waals surface area contributed by atoms with Crippen LogP contribution in [0.1, 0.15) is 18.0 Å². The van der Waals surface area contributed by atoms with Gasteiger partial charge in [-0.05, 0) is 24.1 Å². The molecule has 3 heterocycles. The van der Waals surface area contributed by atoms with Crippen molar-refractivity contribution >= 4 is 44.1 Å². The fourth-order valence-corrected chi connectivity index (χ4v) is 5.31. The highest BCUT2D eigenvalue weighted by Gasteiger charge is 2.31. The molecule has 136 valence electrons. The van der Waals surface area contributed by atoms with E-state index in [1.165, 1.54) is 17.1 Å². The van der Waals surface area contributed by atoms with Gasteiger partial charge in [-0.15, -0.1) is 0 Å². The Labute approximate surface area is 159 Å². The first-order valence-corrected chi connectivity index (χ1v) is 10.5. The predicted octanol–water partition coefficient (Wildman–Crippen LogP) is 2.31. The van der Waals surface area contributed by atoms with E-state index in [0.29, 0.717) is 27.5 Å². The minimum absolute atomic E-state index is 0.0227. The predicted molar refractivity (Wildman–Crippen MR) is 99.7 cm³/mol. The van der Waals surface area contributed by atoms with Crippen LogP contribution in [0.25, 0.3) is 11.0 Å². The van der Waals surface area contributed by atoms with Crippen LogP contribution in [-0.2, 0) is 16.4 Å². The summed E-state index contributed by atoms with van der Waals surface area (Å²) in [6.07, 6.45) is 3.34. The minimum atomic E-state index is -3.05. The summed E-state index contributed by atoms with van der Waals surface area (Å²) in [6.45, 7) is 0.251. The Hall–Kier alpha value is -1.90. The quantitative estimate of drug-likeness (QED) is 0.658. The van der Waals surface area contributed by atoms with Crippen LogP contribution in [0.3, 0.4) is 0 Å². The van der Waals surface area contributed by atoms with E-state index >= 15 is 0 Å². The lowest BCUT2D eigenvalue weighted by molar-refractivity contribution is 0.511. The van der Waals surface area contributed by atoms with Crippen molar-refractivity contribution in [2.24, 2.45) is 0 Å². The molecule has 4 rings (SSSR count). The van der Waals surface area contributed by atoms with Gasteiger partial charge in [-0.25, -0.2) is 18.1 Å². The molecular formula is C16H14Cl2N4O3S. The lowest BCUT2D eigenvalue weighted by Crippen LogP contribution is -2.22. The molecule has 0 N–H and O–H groups in total. The molecular weight excluding hydrogens is 399 g/mol. The number of halogens is 2. The Morgan fingerprint density at radius 2 is 2.08 bits per heavy atom. The minimum Gasteiger partial charge on any atom is -0.294 e. The third-order valence-corrected chi connectivity index (χ3v) is 6.83. The van der Waals surface area contributed by atoms with Crippen LogP contribution in [0, 0.1) is 0 Å². The molecule has 0 spiro atoms.